The fourth-order valence-electron chi connectivity index (χ4n) is 3.02. The second kappa shape index (κ2) is 12.7. The lowest BCUT2D eigenvalue weighted by atomic mass is 9.90. The standard InChI is InChI=1S/C22H23Cl2NO5.CHF3/c1-13-7-14(5-6-19(13)21(27)30-22(2,3)4)20(26)10-16(12-25(28)29)15-8-17(23)11-18(24)9-15;2-1(3)4/h5-9,11,16H,10,12H2,1-4H3;1H. The first kappa shape index (κ1) is 29.4. The normalized spacial score (nSPS) is 11.9. The van der Waals surface area contributed by atoms with Gasteiger partial charge >= 0.3 is 12.6 Å². The summed E-state index contributed by atoms with van der Waals surface area (Å²) in [5.41, 5.74) is 1.21. The van der Waals surface area contributed by atoms with E-state index in [-0.39, 0.29) is 12.2 Å². The number of esters is 1. The van der Waals surface area contributed by atoms with Gasteiger partial charge in [0.1, 0.15) is 5.60 Å². The quantitative estimate of drug-likeness (QED) is 0.168. The van der Waals surface area contributed by atoms with Crippen molar-refractivity contribution in [1.29, 1.82) is 0 Å². The number of carbonyl (C=O) groups is 2. The van der Waals surface area contributed by atoms with Crippen LogP contribution in [-0.4, -0.2) is 35.5 Å². The lowest BCUT2D eigenvalue weighted by Gasteiger charge is -2.20. The zero-order valence-electron chi connectivity index (χ0n) is 18.9. The molecule has 0 amide bonds. The molecule has 6 nitrogen and oxygen atoms in total. The van der Waals surface area contributed by atoms with E-state index >= 15 is 0 Å². The molecule has 0 aromatic heterocycles. The maximum absolute atomic E-state index is 12.8. The summed E-state index contributed by atoms with van der Waals surface area (Å²) in [6, 6.07) is 9.34. The number of Topliss-reactive ketones (excluding diaryl/α,β-unsaturated/α-hetero) is 1. The first-order chi connectivity index (χ1) is 15.6. The number of halogens is 5. The third-order valence-electron chi connectivity index (χ3n) is 4.32. The number of hydrogen-bond donors (Lipinski definition) is 0. The lowest BCUT2D eigenvalue weighted by molar-refractivity contribution is -0.483. The molecule has 34 heavy (non-hydrogen) atoms. The first-order valence-corrected chi connectivity index (χ1v) is 10.7. The molecular formula is C23H24Cl2F3NO5. The molecule has 0 aliphatic carbocycles. The van der Waals surface area contributed by atoms with Gasteiger partial charge in [0.05, 0.1) is 11.5 Å². The Kier molecular flexibility index (Phi) is 11.0. The number of nitrogens with zero attached hydrogens (tertiary/aromatic N) is 1. The van der Waals surface area contributed by atoms with Gasteiger partial charge in [0.25, 0.3) is 0 Å². The average Bonchev–Trinajstić information content (AvgIpc) is 2.64. The Hall–Kier alpha value is -2.65. The molecular weight excluding hydrogens is 498 g/mol. The van der Waals surface area contributed by atoms with Crippen molar-refractivity contribution in [2.75, 3.05) is 6.54 Å². The van der Waals surface area contributed by atoms with Crippen molar-refractivity contribution in [2.45, 2.75) is 52.3 Å². The maximum atomic E-state index is 12.8. The van der Waals surface area contributed by atoms with Gasteiger partial charge in [0.15, 0.2) is 5.78 Å². The largest absolute Gasteiger partial charge is 0.456 e. The van der Waals surface area contributed by atoms with Crippen LogP contribution in [0.2, 0.25) is 10.0 Å². The van der Waals surface area contributed by atoms with Gasteiger partial charge in [0, 0.05) is 27.0 Å². The highest BCUT2D eigenvalue weighted by Crippen LogP contribution is 2.29. The van der Waals surface area contributed by atoms with Crippen LogP contribution in [-0.2, 0) is 4.74 Å². The Balaban J connectivity index is 0.00000133. The summed E-state index contributed by atoms with van der Waals surface area (Å²) >= 11 is 12.0. The number of ether oxygens (including phenoxy) is 1. The van der Waals surface area contributed by atoms with Gasteiger partial charge in [-0.3, -0.25) is 14.9 Å². The number of carbonyl (C=O) groups excluding carboxylic acids is 2. The van der Waals surface area contributed by atoms with Gasteiger partial charge in [-0.2, -0.15) is 13.2 Å². The molecule has 0 bridgehead atoms. The number of nitro groups is 1. The van der Waals surface area contributed by atoms with Crippen molar-refractivity contribution in [3.8, 4) is 0 Å². The van der Waals surface area contributed by atoms with Crippen LogP contribution in [0.4, 0.5) is 13.2 Å². The summed E-state index contributed by atoms with van der Waals surface area (Å²) in [7, 11) is 0. The fraction of sp³-hybridized carbons (Fsp3) is 0.391. The molecule has 2 aromatic rings. The van der Waals surface area contributed by atoms with Crippen molar-refractivity contribution >= 4 is 35.0 Å². The third-order valence-corrected chi connectivity index (χ3v) is 4.76. The molecule has 2 aromatic carbocycles. The number of benzene rings is 2. The highest BCUT2D eigenvalue weighted by atomic mass is 35.5. The van der Waals surface area contributed by atoms with E-state index in [4.69, 9.17) is 27.9 Å². The van der Waals surface area contributed by atoms with Gasteiger partial charge in [-0.1, -0.05) is 29.3 Å². The van der Waals surface area contributed by atoms with E-state index in [2.05, 4.69) is 0 Å². The van der Waals surface area contributed by atoms with Crippen LogP contribution < -0.4 is 0 Å². The zero-order chi connectivity index (χ0) is 26.2. The molecule has 0 fully saturated rings. The molecule has 11 heteroatoms. The van der Waals surface area contributed by atoms with Crippen LogP contribution in [0.5, 0.6) is 0 Å². The second-order valence-electron chi connectivity index (χ2n) is 8.32. The van der Waals surface area contributed by atoms with Crippen molar-refractivity contribution in [1.82, 2.24) is 0 Å². The monoisotopic (exact) mass is 521 g/mol. The molecule has 2 rings (SSSR count). The summed E-state index contributed by atoms with van der Waals surface area (Å²) in [5.74, 6) is -1.44. The van der Waals surface area contributed by atoms with E-state index < -0.39 is 35.6 Å². The number of alkyl halides is 3. The smallest absolute Gasteiger partial charge is 0.379 e. The Bertz CT molecular complexity index is 1020. The van der Waals surface area contributed by atoms with Crippen LogP contribution in [0.25, 0.3) is 0 Å². The van der Waals surface area contributed by atoms with E-state index in [1.807, 2.05) is 0 Å². The summed E-state index contributed by atoms with van der Waals surface area (Å²) in [6.07, 6.45) is -0.0944. The van der Waals surface area contributed by atoms with E-state index in [1.54, 1.807) is 45.9 Å². The number of hydrogen-bond acceptors (Lipinski definition) is 5. The lowest BCUT2D eigenvalue weighted by Crippen LogP contribution is -2.24. The molecule has 1 atom stereocenters. The van der Waals surface area contributed by atoms with E-state index in [1.165, 1.54) is 18.2 Å². The third kappa shape index (κ3) is 10.5. The zero-order valence-corrected chi connectivity index (χ0v) is 20.4. The summed E-state index contributed by atoms with van der Waals surface area (Å²) in [4.78, 5) is 35.8. The highest BCUT2D eigenvalue weighted by Gasteiger charge is 2.24. The minimum Gasteiger partial charge on any atom is -0.456 e. The van der Waals surface area contributed by atoms with E-state index in [9.17, 15) is 32.9 Å². The number of rotatable bonds is 7. The van der Waals surface area contributed by atoms with Crippen LogP contribution >= 0.6 is 23.2 Å². The molecule has 0 saturated carbocycles. The van der Waals surface area contributed by atoms with Crippen molar-refractivity contribution in [3.63, 3.8) is 0 Å². The molecule has 186 valence electrons. The molecule has 0 heterocycles. The molecule has 0 aliphatic heterocycles. The molecule has 0 spiro atoms. The Labute approximate surface area is 205 Å². The number of ketones is 1. The van der Waals surface area contributed by atoms with Crippen molar-refractivity contribution in [2.24, 2.45) is 0 Å². The molecule has 0 saturated heterocycles. The highest BCUT2D eigenvalue weighted by molar-refractivity contribution is 6.34. The minimum absolute atomic E-state index is 0.0944. The van der Waals surface area contributed by atoms with E-state index in [0.717, 1.165) is 0 Å². The van der Waals surface area contributed by atoms with Gasteiger partial charge in [-0.05, 0) is 69.2 Å². The molecule has 0 N–H and O–H groups in total. The van der Waals surface area contributed by atoms with Crippen molar-refractivity contribution < 1.29 is 32.4 Å². The van der Waals surface area contributed by atoms with Gasteiger partial charge in [-0.25, -0.2) is 4.79 Å². The summed E-state index contributed by atoms with van der Waals surface area (Å²) in [5, 5.41) is 11.8. The Morgan fingerprint density at radius 2 is 1.59 bits per heavy atom. The summed E-state index contributed by atoms with van der Waals surface area (Å²) < 4.78 is 34.4. The van der Waals surface area contributed by atoms with Crippen LogP contribution in [0, 0.1) is 17.0 Å². The van der Waals surface area contributed by atoms with Gasteiger partial charge in [-0.15, -0.1) is 0 Å². The molecule has 0 radical (unpaired) electrons. The Morgan fingerprint density at radius 3 is 2.03 bits per heavy atom. The van der Waals surface area contributed by atoms with E-state index in [0.29, 0.717) is 32.3 Å². The van der Waals surface area contributed by atoms with Crippen LogP contribution in [0.1, 0.15) is 65.0 Å². The second-order valence-corrected chi connectivity index (χ2v) is 9.19. The molecule has 1 unspecified atom stereocenters. The fourth-order valence-corrected chi connectivity index (χ4v) is 3.56. The predicted molar refractivity (Wildman–Crippen MR) is 123 cm³/mol. The SMILES string of the molecule is Cc1cc(C(=O)CC(C[N+](=O)[O-])c2cc(Cl)cc(Cl)c2)ccc1C(=O)OC(C)(C)C.FC(F)F. The predicted octanol–water partition coefficient (Wildman–Crippen LogP) is 7.07. The maximum Gasteiger partial charge on any atom is 0.379 e. The minimum atomic E-state index is -3.67. The van der Waals surface area contributed by atoms with Crippen molar-refractivity contribution in [3.05, 3.63) is 78.8 Å². The topological polar surface area (TPSA) is 86.5 Å². The summed E-state index contributed by atoms with van der Waals surface area (Å²) in [6.45, 7) is 2.93. The first-order valence-electron chi connectivity index (χ1n) is 9.96. The Morgan fingerprint density at radius 1 is 1.06 bits per heavy atom. The van der Waals surface area contributed by atoms with Crippen LogP contribution in [0.15, 0.2) is 36.4 Å². The van der Waals surface area contributed by atoms with Gasteiger partial charge < -0.3 is 4.74 Å². The number of aryl methyl sites for hydroxylation is 1. The average molecular weight is 522 g/mol. The van der Waals surface area contributed by atoms with Crippen LogP contribution in [0.3, 0.4) is 0 Å². The van der Waals surface area contributed by atoms with Gasteiger partial charge in [0.2, 0.25) is 6.54 Å². The molecule has 0 aliphatic rings.